The van der Waals surface area contributed by atoms with Crippen molar-refractivity contribution in [2.24, 2.45) is 5.73 Å². The van der Waals surface area contributed by atoms with E-state index in [4.69, 9.17) is 34.2 Å². The first-order valence-corrected chi connectivity index (χ1v) is 12.7. The zero-order valence-electron chi connectivity index (χ0n) is 22.3. The number of alkyl carbamates (subject to hydrolysis) is 1. The number of hydrogen-bond acceptors (Lipinski definition) is 9. The van der Waals surface area contributed by atoms with Gasteiger partial charge in [-0.05, 0) is 29.2 Å². The first kappa shape index (κ1) is 31.2. The number of fused-ring (bicyclic) bond motifs is 1. The molecule has 1 aliphatic rings. The van der Waals surface area contributed by atoms with Gasteiger partial charge in [0, 0.05) is 12.5 Å². The number of ether oxygens (including phenoxy) is 6. The van der Waals surface area contributed by atoms with Crippen LogP contribution >= 0.6 is 0 Å². The molecule has 3 N–H and O–H groups in total. The van der Waals surface area contributed by atoms with Gasteiger partial charge in [-0.15, -0.1) is 0 Å². The van der Waals surface area contributed by atoms with Crippen LogP contribution in [0.25, 0.3) is 5.57 Å². The van der Waals surface area contributed by atoms with Crippen molar-refractivity contribution in [3.63, 3.8) is 0 Å². The summed E-state index contributed by atoms with van der Waals surface area (Å²) in [5.74, 6) is -0.781. The number of rotatable bonds is 19. The minimum Gasteiger partial charge on any atom is -0.467 e. The standard InChI is InChI=1S/C28H40N2O8/c1-4-8-22-21(5-2)23-9-6-7-10-24(23)25(22)19-38-28(32)30-26(27(31)33-3)20-37-18-17-36-16-15-35-14-13-34-12-11-29/h4-10,25-26H,2,11-20,29H2,1,3H3,(H,30,32)/b8-4-. The second kappa shape index (κ2) is 18.3. The van der Waals surface area contributed by atoms with E-state index < -0.39 is 18.1 Å². The molecule has 2 atom stereocenters. The van der Waals surface area contributed by atoms with Crippen LogP contribution in [0.5, 0.6) is 0 Å². The van der Waals surface area contributed by atoms with Gasteiger partial charge in [0.05, 0.1) is 60.0 Å². The van der Waals surface area contributed by atoms with E-state index in [0.29, 0.717) is 46.2 Å². The van der Waals surface area contributed by atoms with E-state index in [1.54, 1.807) is 0 Å². The third-order valence-electron chi connectivity index (χ3n) is 5.68. The first-order valence-electron chi connectivity index (χ1n) is 12.7. The van der Waals surface area contributed by atoms with Crippen molar-refractivity contribution in [2.75, 3.05) is 73.1 Å². The molecule has 0 fully saturated rings. The maximum absolute atomic E-state index is 12.6. The fourth-order valence-corrected chi connectivity index (χ4v) is 3.95. The fourth-order valence-electron chi connectivity index (χ4n) is 3.95. The maximum Gasteiger partial charge on any atom is 0.407 e. The Balaban J connectivity index is 1.75. The molecule has 0 aliphatic heterocycles. The van der Waals surface area contributed by atoms with Gasteiger partial charge < -0.3 is 39.5 Å². The lowest BCUT2D eigenvalue weighted by atomic mass is 9.96. The number of amides is 1. The van der Waals surface area contributed by atoms with Crippen LogP contribution < -0.4 is 11.1 Å². The van der Waals surface area contributed by atoms with Crippen LogP contribution in [0.3, 0.4) is 0 Å². The number of carbonyl (C=O) groups excluding carboxylic acids is 2. The molecule has 38 heavy (non-hydrogen) atoms. The lowest BCUT2D eigenvalue weighted by Crippen LogP contribution is -2.45. The summed E-state index contributed by atoms with van der Waals surface area (Å²) in [5.41, 5.74) is 9.49. The first-order chi connectivity index (χ1) is 18.6. The Kier molecular flexibility index (Phi) is 15.0. The van der Waals surface area contributed by atoms with Gasteiger partial charge in [0.25, 0.3) is 0 Å². The number of esters is 1. The fraction of sp³-hybridized carbons (Fsp3) is 0.500. The minimum absolute atomic E-state index is 0.0866. The largest absolute Gasteiger partial charge is 0.467 e. The SMILES string of the molecule is C=CC1=C(/C=C\C)C(COC(=O)NC(COCCOCCOCCOCCN)C(=O)OC)c2ccccc21. The van der Waals surface area contributed by atoms with Crippen molar-refractivity contribution < 1.29 is 38.0 Å². The predicted octanol–water partition coefficient (Wildman–Crippen LogP) is 2.59. The van der Waals surface area contributed by atoms with E-state index in [1.807, 2.05) is 49.4 Å². The highest BCUT2D eigenvalue weighted by Gasteiger charge is 2.30. The Morgan fingerprint density at radius 3 is 2.26 bits per heavy atom. The van der Waals surface area contributed by atoms with Crippen LogP contribution in [0, 0.1) is 0 Å². The molecule has 1 aliphatic carbocycles. The Labute approximate surface area is 224 Å². The van der Waals surface area contributed by atoms with Crippen LogP contribution in [-0.4, -0.2) is 91.2 Å². The number of benzene rings is 1. The van der Waals surface area contributed by atoms with Crippen molar-refractivity contribution in [3.05, 3.63) is 65.8 Å². The zero-order valence-corrected chi connectivity index (χ0v) is 22.3. The summed E-state index contributed by atoms with van der Waals surface area (Å²) in [5, 5.41) is 2.53. The van der Waals surface area contributed by atoms with Crippen LogP contribution in [0.1, 0.15) is 24.0 Å². The molecule has 1 aromatic carbocycles. The summed E-state index contributed by atoms with van der Waals surface area (Å²) in [6.45, 7) is 9.20. The Morgan fingerprint density at radius 1 is 1.03 bits per heavy atom. The number of carbonyl (C=O) groups is 2. The molecular weight excluding hydrogens is 492 g/mol. The Hall–Kier alpha value is -3.02. The van der Waals surface area contributed by atoms with Gasteiger partial charge in [-0.3, -0.25) is 0 Å². The van der Waals surface area contributed by atoms with Crippen LogP contribution in [-0.2, 0) is 33.2 Å². The number of hydrogen-bond donors (Lipinski definition) is 2. The lowest BCUT2D eigenvalue weighted by Gasteiger charge is -2.19. The molecule has 0 radical (unpaired) electrons. The topological polar surface area (TPSA) is 128 Å². The number of nitrogens with two attached hydrogens (primary N) is 1. The quantitative estimate of drug-likeness (QED) is 0.204. The van der Waals surface area contributed by atoms with E-state index in [1.165, 1.54) is 7.11 Å². The molecule has 210 valence electrons. The van der Waals surface area contributed by atoms with E-state index in [9.17, 15) is 9.59 Å². The summed E-state index contributed by atoms with van der Waals surface area (Å²) in [6, 6.07) is 6.93. The van der Waals surface area contributed by atoms with Crippen LogP contribution in [0.15, 0.2) is 54.6 Å². The van der Waals surface area contributed by atoms with Gasteiger partial charge in [0.15, 0.2) is 6.04 Å². The third-order valence-corrected chi connectivity index (χ3v) is 5.68. The highest BCUT2D eigenvalue weighted by molar-refractivity contribution is 5.86. The molecule has 1 aromatic rings. The summed E-state index contributed by atoms with van der Waals surface area (Å²) >= 11 is 0. The van der Waals surface area contributed by atoms with Gasteiger partial charge >= 0.3 is 12.1 Å². The van der Waals surface area contributed by atoms with Gasteiger partial charge in [0.1, 0.15) is 6.61 Å². The zero-order chi connectivity index (χ0) is 27.6. The Morgan fingerprint density at radius 2 is 1.66 bits per heavy atom. The number of allylic oxidation sites excluding steroid dienone is 4. The van der Waals surface area contributed by atoms with Gasteiger partial charge in [-0.1, -0.05) is 49.1 Å². The van der Waals surface area contributed by atoms with Crippen molar-refractivity contribution in [3.8, 4) is 0 Å². The van der Waals surface area contributed by atoms with E-state index >= 15 is 0 Å². The molecule has 0 spiro atoms. The second-order valence-electron chi connectivity index (χ2n) is 8.23. The van der Waals surface area contributed by atoms with Crippen molar-refractivity contribution in [1.29, 1.82) is 0 Å². The summed E-state index contributed by atoms with van der Waals surface area (Å²) in [6.07, 6.45) is 5.02. The highest BCUT2D eigenvalue weighted by Crippen LogP contribution is 2.43. The molecule has 0 bridgehead atoms. The van der Waals surface area contributed by atoms with Crippen molar-refractivity contribution in [1.82, 2.24) is 5.32 Å². The van der Waals surface area contributed by atoms with Gasteiger partial charge in [0.2, 0.25) is 0 Å². The second-order valence-corrected chi connectivity index (χ2v) is 8.23. The van der Waals surface area contributed by atoms with E-state index in [2.05, 4.69) is 11.9 Å². The average molecular weight is 533 g/mol. The van der Waals surface area contributed by atoms with Crippen molar-refractivity contribution >= 4 is 17.6 Å². The molecule has 2 rings (SSSR count). The van der Waals surface area contributed by atoms with Gasteiger partial charge in [-0.25, -0.2) is 9.59 Å². The average Bonchev–Trinajstić information content (AvgIpc) is 3.23. The van der Waals surface area contributed by atoms with Crippen LogP contribution in [0.2, 0.25) is 0 Å². The molecule has 2 unspecified atom stereocenters. The van der Waals surface area contributed by atoms with E-state index in [-0.39, 0.29) is 25.7 Å². The highest BCUT2D eigenvalue weighted by atomic mass is 16.6. The maximum atomic E-state index is 12.6. The molecule has 0 aromatic heterocycles. The van der Waals surface area contributed by atoms with Gasteiger partial charge in [-0.2, -0.15) is 0 Å². The van der Waals surface area contributed by atoms with E-state index in [0.717, 1.165) is 22.3 Å². The smallest absolute Gasteiger partial charge is 0.407 e. The summed E-state index contributed by atoms with van der Waals surface area (Å²) in [4.78, 5) is 24.7. The predicted molar refractivity (Wildman–Crippen MR) is 144 cm³/mol. The minimum atomic E-state index is -1.02. The number of nitrogens with one attached hydrogen (secondary N) is 1. The molecule has 10 nitrogen and oxygen atoms in total. The molecule has 0 heterocycles. The number of methoxy groups -OCH3 is 1. The monoisotopic (exact) mass is 532 g/mol. The normalized spacial score (nSPS) is 15.4. The van der Waals surface area contributed by atoms with Crippen LogP contribution in [0.4, 0.5) is 4.79 Å². The summed E-state index contributed by atoms with van der Waals surface area (Å²) < 4.78 is 31.8. The molecule has 0 saturated heterocycles. The third kappa shape index (κ3) is 10.0. The molecule has 0 saturated carbocycles. The molecular formula is C28H40N2O8. The molecule has 1 amide bonds. The lowest BCUT2D eigenvalue weighted by molar-refractivity contribution is -0.144. The summed E-state index contributed by atoms with van der Waals surface area (Å²) in [7, 11) is 1.24. The molecule has 10 heteroatoms. The van der Waals surface area contributed by atoms with Crippen molar-refractivity contribution in [2.45, 2.75) is 18.9 Å². The Bertz CT molecular complexity index is 947.